The van der Waals surface area contributed by atoms with Crippen LogP contribution in [0, 0.1) is 0 Å². The van der Waals surface area contributed by atoms with Crippen LogP contribution >= 0.6 is 34.5 Å². The van der Waals surface area contributed by atoms with E-state index in [4.69, 9.17) is 23.2 Å². The molecule has 0 saturated heterocycles. The maximum absolute atomic E-state index is 12.8. The second kappa shape index (κ2) is 6.02. The van der Waals surface area contributed by atoms with Crippen molar-refractivity contribution in [1.29, 1.82) is 0 Å². The first-order valence-corrected chi connectivity index (χ1v) is 8.61. The molecule has 2 aromatic heterocycles. The lowest BCUT2D eigenvalue weighted by molar-refractivity contribution is 1.09. The molecule has 2 heterocycles. The maximum Gasteiger partial charge on any atom is 0.276 e. The standard InChI is InChI=1S/C17H9Cl2N3OS/c18-12-6-3-5-11(8-12)15-20-21-17-22(15)16(23)14(24-17)9-10-4-1-2-7-13(10)19/h1-9H/b14-9-. The Morgan fingerprint density at radius 2 is 1.88 bits per heavy atom. The average molecular weight is 374 g/mol. The van der Waals surface area contributed by atoms with Crippen molar-refractivity contribution in [2.45, 2.75) is 0 Å². The summed E-state index contributed by atoms with van der Waals surface area (Å²) in [5.41, 5.74) is 1.36. The third-order valence-electron chi connectivity index (χ3n) is 3.52. The van der Waals surface area contributed by atoms with Gasteiger partial charge in [0.15, 0.2) is 5.82 Å². The van der Waals surface area contributed by atoms with E-state index in [0.29, 0.717) is 25.4 Å². The highest BCUT2D eigenvalue weighted by molar-refractivity contribution is 7.15. The first-order valence-electron chi connectivity index (χ1n) is 7.03. The summed E-state index contributed by atoms with van der Waals surface area (Å²) in [5, 5.41) is 9.40. The largest absolute Gasteiger partial charge is 0.276 e. The van der Waals surface area contributed by atoms with Gasteiger partial charge in [-0.2, -0.15) is 0 Å². The van der Waals surface area contributed by atoms with Crippen LogP contribution in [0.25, 0.3) is 22.4 Å². The molecule has 0 aliphatic heterocycles. The molecule has 118 valence electrons. The zero-order valence-corrected chi connectivity index (χ0v) is 14.4. The highest BCUT2D eigenvalue weighted by Gasteiger charge is 2.14. The molecule has 0 N–H and O–H groups in total. The van der Waals surface area contributed by atoms with Crippen molar-refractivity contribution in [3.63, 3.8) is 0 Å². The van der Waals surface area contributed by atoms with Gasteiger partial charge < -0.3 is 0 Å². The second-order valence-electron chi connectivity index (χ2n) is 5.09. The topological polar surface area (TPSA) is 47.3 Å². The Labute approximate surface area is 150 Å². The summed E-state index contributed by atoms with van der Waals surface area (Å²) in [5.74, 6) is 0.479. The predicted octanol–water partition coefficient (Wildman–Crippen LogP) is 3.67. The fourth-order valence-electron chi connectivity index (χ4n) is 2.41. The quantitative estimate of drug-likeness (QED) is 0.538. The first kappa shape index (κ1) is 15.3. The summed E-state index contributed by atoms with van der Waals surface area (Å²) in [7, 11) is 0. The van der Waals surface area contributed by atoms with Crippen LogP contribution < -0.4 is 10.1 Å². The zero-order valence-electron chi connectivity index (χ0n) is 12.1. The average Bonchev–Trinajstić information content (AvgIpc) is 3.11. The van der Waals surface area contributed by atoms with Crippen molar-refractivity contribution in [3.05, 3.63) is 79.0 Å². The Kier molecular flexibility index (Phi) is 3.84. The SMILES string of the molecule is O=c1/c(=C/c2ccccc2Cl)sc2nnc(-c3cccc(Cl)c3)n12. The van der Waals surface area contributed by atoms with Crippen LogP contribution in [0.1, 0.15) is 5.56 Å². The van der Waals surface area contributed by atoms with Crippen LogP contribution in [0.5, 0.6) is 0 Å². The fourth-order valence-corrected chi connectivity index (χ4v) is 3.69. The lowest BCUT2D eigenvalue weighted by atomic mass is 10.2. The number of hydrogen-bond acceptors (Lipinski definition) is 4. The van der Waals surface area contributed by atoms with Gasteiger partial charge in [-0.15, -0.1) is 10.2 Å². The molecule has 0 amide bonds. The fraction of sp³-hybridized carbons (Fsp3) is 0. The predicted molar refractivity (Wildman–Crippen MR) is 97.8 cm³/mol. The number of halogens is 2. The summed E-state index contributed by atoms with van der Waals surface area (Å²) in [6.45, 7) is 0. The van der Waals surface area contributed by atoms with Crippen molar-refractivity contribution in [3.8, 4) is 11.4 Å². The molecule has 0 aliphatic rings. The number of fused-ring (bicyclic) bond motifs is 1. The molecule has 4 nitrogen and oxygen atoms in total. The van der Waals surface area contributed by atoms with E-state index >= 15 is 0 Å². The molecular weight excluding hydrogens is 365 g/mol. The van der Waals surface area contributed by atoms with Crippen molar-refractivity contribution >= 4 is 45.6 Å². The molecule has 0 radical (unpaired) electrons. The number of rotatable bonds is 2. The molecule has 4 aromatic rings. The molecule has 2 aromatic carbocycles. The molecular formula is C17H9Cl2N3OS. The number of hydrogen-bond donors (Lipinski definition) is 0. The second-order valence-corrected chi connectivity index (χ2v) is 6.94. The molecule has 0 unspecified atom stereocenters. The first-order chi connectivity index (χ1) is 11.6. The van der Waals surface area contributed by atoms with Crippen molar-refractivity contribution in [2.75, 3.05) is 0 Å². The molecule has 7 heteroatoms. The van der Waals surface area contributed by atoms with E-state index in [1.54, 1.807) is 24.3 Å². The van der Waals surface area contributed by atoms with Gasteiger partial charge in [0.25, 0.3) is 5.56 Å². The molecule has 0 saturated carbocycles. The molecule has 24 heavy (non-hydrogen) atoms. The van der Waals surface area contributed by atoms with Gasteiger partial charge in [-0.3, -0.25) is 4.79 Å². The minimum Gasteiger partial charge on any atom is -0.267 e. The number of thiazole rings is 1. The third kappa shape index (κ3) is 2.60. The molecule has 0 aliphatic carbocycles. The van der Waals surface area contributed by atoms with Crippen molar-refractivity contribution < 1.29 is 0 Å². The minimum atomic E-state index is -0.171. The van der Waals surface area contributed by atoms with Gasteiger partial charge in [-0.05, 0) is 29.8 Å². The van der Waals surface area contributed by atoms with Gasteiger partial charge in [0, 0.05) is 15.6 Å². The monoisotopic (exact) mass is 373 g/mol. The maximum atomic E-state index is 12.8. The summed E-state index contributed by atoms with van der Waals surface area (Å²) >= 11 is 13.5. The lowest BCUT2D eigenvalue weighted by Gasteiger charge is -1.97. The van der Waals surface area contributed by atoms with Crippen LogP contribution in [-0.2, 0) is 0 Å². The van der Waals surface area contributed by atoms with Crippen LogP contribution in [-0.4, -0.2) is 14.6 Å². The zero-order chi connectivity index (χ0) is 16.7. The van der Waals surface area contributed by atoms with E-state index in [1.807, 2.05) is 30.3 Å². The molecule has 0 spiro atoms. The van der Waals surface area contributed by atoms with Gasteiger partial charge in [-0.1, -0.05) is 64.9 Å². The highest BCUT2D eigenvalue weighted by atomic mass is 35.5. The van der Waals surface area contributed by atoms with Gasteiger partial charge in [-0.25, -0.2) is 4.40 Å². The normalized spacial score (nSPS) is 12.2. The minimum absolute atomic E-state index is 0.171. The smallest absolute Gasteiger partial charge is 0.267 e. The number of benzene rings is 2. The van der Waals surface area contributed by atoms with E-state index < -0.39 is 0 Å². The van der Waals surface area contributed by atoms with Crippen LogP contribution in [0.3, 0.4) is 0 Å². The Morgan fingerprint density at radius 1 is 1.04 bits per heavy atom. The molecule has 0 fully saturated rings. The Hall–Kier alpha value is -2.21. The Bertz CT molecular complexity index is 1170. The molecule has 0 bridgehead atoms. The van der Waals surface area contributed by atoms with E-state index in [0.717, 1.165) is 11.1 Å². The summed E-state index contributed by atoms with van der Waals surface area (Å²) in [4.78, 5) is 13.3. The Morgan fingerprint density at radius 3 is 2.67 bits per heavy atom. The summed E-state index contributed by atoms with van der Waals surface area (Å²) in [6, 6.07) is 14.6. The van der Waals surface area contributed by atoms with Crippen LogP contribution in [0.15, 0.2) is 53.3 Å². The van der Waals surface area contributed by atoms with E-state index in [1.165, 1.54) is 15.7 Å². The van der Waals surface area contributed by atoms with Crippen molar-refractivity contribution in [2.24, 2.45) is 0 Å². The lowest BCUT2D eigenvalue weighted by Crippen LogP contribution is -2.23. The van der Waals surface area contributed by atoms with Gasteiger partial charge >= 0.3 is 0 Å². The van der Waals surface area contributed by atoms with Crippen LogP contribution in [0.2, 0.25) is 10.0 Å². The number of aromatic nitrogens is 3. The summed E-state index contributed by atoms with van der Waals surface area (Å²) in [6.07, 6.45) is 1.77. The van der Waals surface area contributed by atoms with Gasteiger partial charge in [0.2, 0.25) is 4.96 Å². The van der Waals surface area contributed by atoms with Crippen molar-refractivity contribution in [1.82, 2.24) is 14.6 Å². The highest BCUT2D eigenvalue weighted by Crippen LogP contribution is 2.21. The summed E-state index contributed by atoms with van der Waals surface area (Å²) < 4.78 is 2.05. The van der Waals surface area contributed by atoms with E-state index in [9.17, 15) is 4.79 Å². The Balaban J connectivity index is 1.95. The van der Waals surface area contributed by atoms with E-state index in [2.05, 4.69) is 10.2 Å². The third-order valence-corrected chi connectivity index (χ3v) is 5.06. The molecule has 4 rings (SSSR count). The van der Waals surface area contributed by atoms with Crippen LogP contribution in [0.4, 0.5) is 0 Å². The van der Waals surface area contributed by atoms with Gasteiger partial charge in [0.05, 0.1) is 4.53 Å². The molecule has 0 atom stereocenters. The van der Waals surface area contributed by atoms with Gasteiger partial charge in [0.1, 0.15) is 0 Å². The van der Waals surface area contributed by atoms with E-state index in [-0.39, 0.29) is 5.56 Å². The number of nitrogens with zero attached hydrogens (tertiary/aromatic N) is 3.